The highest BCUT2D eigenvalue weighted by molar-refractivity contribution is 5.92. The Morgan fingerprint density at radius 3 is 2.68 bits per heavy atom. The van der Waals surface area contributed by atoms with E-state index in [1.54, 1.807) is 11.9 Å². The Morgan fingerprint density at radius 1 is 1.27 bits per heavy atom. The van der Waals surface area contributed by atoms with Gasteiger partial charge in [0, 0.05) is 25.8 Å². The number of nitrogens with zero attached hydrogens (tertiary/aromatic N) is 2. The van der Waals surface area contributed by atoms with Crippen LogP contribution in [-0.2, 0) is 0 Å². The zero-order valence-electron chi connectivity index (χ0n) is 12.9. The van der Waals surface area contributed by atoms with Gasteiger partial charge < -0.3 is 14.6 Å². The van der Waals surface area contributed by atoms with Crippen LogP contribution in [0.4, 0.5) is 0 Å². The van der Waals surface area contributed by atoms with Crippen LogP contribution >= 0.6 is 0 Å². The Bertz CT molecular complexity index is 632. The SMILES string of the molecule is CN(CC[C@H](O)c1ccccc1)C(=O)c1cccn1C1CC1. The quantitative estimate of drug-likeness (QED) is 0.891. The number of hydrogen-bond donors (Lipinski definition) is 1. The fourth-order valence-electron chi connectivity index (χ4n) is 2.70. The molecule has 0 bridgehead atoms. The Balaban J connectivity index is 1.58. The van der Waals surface area contributed by atoms with Gasteiger partial charge in [0.25, 0.3) is 5.91 Å². The second-order valence-electron chi connectivity index (χ2n) is 5.97. The average Bonchev–Trinajstić information content (AvgIpc) is 3.29. The number of carbonyl (C=O) groups is 1. The van der Waals surface area contributed by atoms with Crippen molar-refractivity contribution in [3.63, 3.8) is 0 Å². The highest BCUT2D eigenvalue weighted by atomic mass is 16.3. The Morgan fingerprint density at radius 2 is 2.00 bits per heavy atom. The average molecular weight is 298 g/mol. The first-order valence-electron chi connectivity index (χ1n) is 7.82. The molecular formula is C18H22N2O2. The minimum atomic E-state index is -0.535. The minimum Gasteiger partial charge on any atom is -0.388 e. The standard InChI is InChI=1S/C18H22N2O2/c1-19(13-11-17(21)14-6-3-2-4-7-14)18(22)16-8-5-12-20(16)15-9-10-15/h2-8,12,15,17,21H,9-11,13H2,1H3/t17-/m0/s1. The first kappa shape index (κ1) is 14.9. The van der Waals surface area contributed by atoms with Crippen LogP contribution in [0.25, 0.3) is 0 Å². The third-order valence-electron chi connectivity index (χ3n) is 4.21. The molecule has 1 N–H and O–H groups in total. The van der Waals surface area contributed by atoms with Gasteiger partial charge >= 0.3 is 0 Å². The van der Waals surface area contributed by atoms with Crippen LogP contribution in [0.5, 0.6) is 0 Å². The lowest BCUT2D eigenvalue weighted by Crippen LogP contribution is -2.30. The molecule has 1 heterocycles. The topological polar surface area (TPSA) is 45.5 Å². The summed E-state index contributed by atoms with van der Waals surface area (Å²) >= 11 is 0. The maximum absolute atomic E-state index is 12.5. The van der Waals surface area contributed by atoms with Crippen molar-refractivity contribution in [1.82, 2.24) is 9.47 Å². The molecule has 0 radical (unpaired) electrons. The zero-order chi connectivity index (χ0) is 15.5. The van der Waals surface area contributed by atoms with E-state index in [2.05, 4.69) is 4.57 Å². The van der Waals surface area contributed by atoms with E-state index in [1.807, 2.05) is 48.7 Å². The zero-order valence-corrected chi connectivity index (χ0v) is 12.9. The van der Waals surface area contributed by atoms with Gasteiger partial charge in [-0.25, -0.2) is 0 Å². The van der Waals surface area contributed by atoms with Crippen molar-refractivity contribution in [3.8, 4) is 0 Å². The van der Waals surface area contributed by atoms with Crippen LogP contribution in [0.2, 0.25) is 0 Å². The van der Waals surface area contributed by atoms with Gasteiger partial charge in [0.05, 0.1) is 6.10 Å². The summed E-state index contributed by atoms with van der Waals surface area (Å²) in [7, 11) is 1.80. The molecular weight excluding hydrogens is 276 g/mol. The molecule has 1 aliphatic rings. The van der Waals surface area contributed by atoms with Crippen LogP contribution in [0.1, 0.15) is 47.5 Å². The van der Waals surface area contributed by atoms with Crippen molar-refractivity contribution >= 4 is 5.91 Å². The molecule has 0 unspecified atom stereocenters. The number of aromatic nitrogens is 1. The Labute approximate surface area is 131 Å². The van der Waals surface area contributed by atoms with Gasteiger partial charge in [0.1, 0.15) is 5.69 Å². The molecule has 116 valence electrons. The smallest absolute Gasteiger partial charge is 0.270 e. The lowest BCUT2D eigenvalue weighted by atomic mass is 10.1. The molecule has 1 aliphatic carbocycles. The first-order chi connectivity index (χ1) is 10.7. The van der Waals surface area contributed by atoms with E-state index in [0.717, 1.165) is 24.1 Å². The van der Waals surface area contributed by atoms with E-state index in [0.29, 0.717) is 19.0 Å². The summed E-state index contributed by atoms with van der Waals surface area (Å²) in [5.41, 5.74) is 1.64. The molecule has 2 aromatic rings. The van der Waals surface area contributed by atoms with E-state index < -0.39 is 6.10 Å². The van der Waals surface area contributed by atoms with Gasteiger partial charge in [-0.1, -0.05) is 30.3 Å². The molecule has 0 saturated heterocycles. The second-order valence-corrected chi connectivity index (χ2v) is 5.97. The predicted molar refractivity (Wildman–Crippen MR) is 85.7 cm³/mol. The maximum atomic E-state index is 12.5. The minimum absolute atomic E-state index is 0.0251. The summed E-state index contributed by atoms with van der Waals surface area (Å²) in [4.78, 5) is 14.2. The molecule has 4 heteroatoms. The van der Waals surface area contributed by atoms with Crippen molar-refractivity contribution in [1.29, 1.82) is 0 Å². The van der Waals surface area contributed by atoms with E-state index in [4.69, 9.17) is 0 Å². The number of benzene rings is 1. The molecule has 1 amide bonds. The van der Waals surface area contributed by atoms with Crippen LogP contribution in [0.15, 0.2) is 48.7 Å². The molecule has 1 atom stereocenters. The summed E-state index contributed by atoms with van der Waals surface area (Å²) in [6.45, 7) is 0.532. The van der Waals surface area contributed by atoms with Crippen LogP contribution in [-0.4, -0.2) is 34.1 Å². The van der Waals surface area contributed by atoms with Crippen molar-refractivity contribution in [3.05, 3.63) is 59.9 Å². The number of aliphatic hydroxyl groups is 1. The summed E-state index contributed by atoms with van der Waals surface area (Å²) < 4.78 is 2.08. The Hall–Kier alpha value is -2.07. The highest BCUT2D eigenvalue weighted by Gasteiger charge is 2.27. The molecule has 1 fully saturated rings. The molecule has 22 heavy (non-hydrogen) atoms. The van der Waals surface area contributed by atoms with Gasteiger partial charge in [-0.2, -0.15) is 0 Å². The third-order valence-corrected chi connectivity index (χ3v) is 4.21. The predicted octanol–water partition coefficient (Wildman–Crippen LogP) is 3.02. The fourth-order valence-corrected chi connectivity index (χ4v) is 2.70. The van der Waals surface area contributed by atoms with Crippen LogP contribution < -0.4 is 0 Å². The lowest BCUT2D eigenvalue weighted by molar-refractivity contribution is 0.0750. The molecule has 0 spiro atoms. The van der Waals surface area contributed by atoms with E-state index in [9.17, 15) is 9.90 Å². The molecule has 3 rings (SSSR count). The largest absolute Gasteiger partial charge is 0.388 e. The first-order valence-corrected chi connectivity index (χ1v) is 7.82. The summed E-state index contributed by atoms with van der Waals surface area (Å²) in [5, 5.41) is 10.2. The fraction of sp³-hybridized carbons (Fsp3) is 0.389. The third kappa shape index (κ3) is 3.22. The maximum Gasteiger partial charge on any atom is 0.270 e. The number of hydrogen-bond acceptors (Lipinski definition) is 2. The molecule has 1 aromatic heterocycles. The van der Waals surface area contributed by atoms with Crippen molar-refractivity contribution in [2.24, 2.45) is 0 Å². The van der Waals surface area contributed by atoms with E-state index >= 15 is 0 Å². The number of aliphatic hydroxyl groups excluding tert-OH is 1. The monoisotopic (exact) mass is 298 g/mol. The highest BCUT2D eigenvalue weighted by Crippen LogP contribution is 2.36. The van der Waals surface area contributed by atoms with Crippen molar-refractivity contribution < 1.29 is 9.90 Å². The van der Waals surface area contributed by atoms with Crippen molar-refractivity contribution in [2.45, 2.75) is 31.4 Å². The molecule has 1 saturated carbocycles. The van der Waals surface area contributed by atoms with Crippen LogP contribution in [0.3, 0.4) is 0 Å². The summed E-state index contributed by atoms with van der Waals surface area (Å²) in [6.07, 6.45) is 4.30. The van der Waals surface area contributed by atoms with Gasteiger partial charge in [-0.05, 0) is 37.0 Å². The van der Waals surface area contributed by atoms with Gasteiger partial charge in [-0.3, -0.25) is 4.79 Å². The van der Waals surface area contributed by atoms with E-state index in [-0.39, 0.29) is 5.91 Å². The van der Waals surface area contributed by atoms with Gasteiger partial charge in [0.2, 0.25) is 0 Å². The van der Waals surface area contributed by atoms with Gasteiger partial charge in [0.15, 0.2) is 0 Å². The summed E-state index contributed by atoms with van der Waals surface area (Å²) in [5.74, 6) is 0.0251. The second kappa shape index (κ2) is 6.36. The number of carbonyl (C=O) groups excluding carboxylic acids is 1. The van der Waals surface area contributed by atoms with Crippen LogP contribution in [0, 0.1) is 0 Å². The molecule has 1 aromatic carbocycles. The normalized spacial score (nSPS) is 15.5. The van der Waals surface area contributed by atoms with E-state index in [1.165, 1.54) is 0 Å². The van der Waals surface area contributed by atoms with Crippen molar-refractivity contribution in [2.75, 3.05) is 13.6 Å². The Kier molecular flexibility index (Phi) is 4.29. The molecule has 0 aliphatic heterocycles. The number of amides is 1. The number of rotatable bonds is 6. The molecule has 4 nitrogen and oxygen atoms in total. The lowest BCUT2D eigenvalue weighted by Gasteiger charge is -2.20. The summed E-state index contributed by atoms with van der Waals surface area (Å²) in [6, 6.07) is 13.9. The van der Waals surface area contributed by atoms with Gasteiger partial charge in [-0.15, -0.1) is 0 Å².